The summed E-state index contributed by atoms with van der Waals surface area (Å²) in [6, 6.07) is 18.1. The predicted octanol–water partition coefficient (Wildman–Crippen LogP) is 5.77. The zero-order chi connectivity index (χ0) is 20.1. The van der Waals surface area contributed by atoms with Gasteiger partial charge in [-0.3, -0.25) is 0 Å². The fourth-order valence-corrected chi connectivity index (χ4v) is 3.00. The van der Waals surface area contributed by atoms with E-state index < -0.39 is 5.82 Å². The number of aryl methyl sites for hydroxylation is 1. The molecule has 3 aromatic rings. The zero-order valence-corrected chi connectivity index (χ0v) is 16.0. The lowest BCUT2D eigenvalue weighted by molar-refractivity contribution is 0.288. The van der Waals surface area contributed by atoms with Crippen molar-refractivity contribution in [2.45, 2.75) is 26.9 Å². The summed E-state index contributed by atoms with van der Waals surface area (Å²) in [7, 11) is 0. The smallest absolute Gasteiger partial charge is 0.214 e. The third kappa shape index (κ3) is 4.63. The molecule has 0 amide bonds. The standard InChI is InChI=1S/C24H21FN2O/c1-16(2)11-18-8-10-21(17(3)12-18)23-5-4-6-24(27-23)28-15-20-9-7-19(14-26)13-22(20)25/h4-10,12-13H,1,11,15H2,2-3H3. The van der Waals surface area contributed by atoms with Gasteiger partial charge in [-0.25, -0.2) is 9.37 Å². The molecule has 0 N–H and O–H groups in total. The molecule has 2 aromatic carbocycles. The minimum atomic E-state index is -0.459. The number of halogens is 1. The Hall–Kier alpha value is -3.45. The highest BCUT2D eigenvalue weighted by Crippen LogP contribution is 2.25. The summed E-state index contributed by atoms with van der Waals surface area (Å²) < 4.78 is 19.7. The van der Waals surface area contributed by atoms with Gasteiger partial charge in [0.1, 0.15) is 12.4 Å². The van der Waals surface area contributed by atoms with Crippen molar-refractivity contribution in [1.29, 1.82) is 5.26 Å². The van der Waals surface area contributed by atoms with Crippen LogP contribution in [0.25, 0.3) is 11.3 Å². The van der Waals surface area contributed by atoms with Gasteiger partial charge in [0, 0.05) is 17.2 Å². The Labute approximate surface area is 164 Å². The van der Waals surface area contributed by atoms with E-state index in [1.165, 1.54) is 11.6 Å². The molecule has 4 heteroatoms. The monoisotopic (exact) mass is 372 g/mol. The minimum Gasteiger partial charge on any atom is -0.473 e. The minimum absolute atomic E-state index is 0.0462. The van der Waals surface area contributed by atoms with E-state index in [2.05, 4.69) is 36.7 Å². The van der Waals surface area contributed by atoms with Crippen LogP contribution in [-0.2, 0) is 13.0 Å². The van der Waals surface area contributed by atoms with E-state index in [-0.39, 0.29) is 12.2 Å². The molecule has 0 bridgehead atoms. The third-order valence-electron chi connectivity index (χ3n) is 4.35. The molecule has 3 nitrogen and oxygen atoms in total. The van der Waals surface area contributed by atoms with Crippen molar-refractivity contribution in [3.8, 4) is 23.2 Å². The molecule has 0 spiro atoms. The average Bonchev–Trinajstić information content (AvgIpc) is 2.67. The fraction of sp³-hybridized carbons (Fsp3) is 0.167. The maximum absolute atomic E-state index is 14.0. The van der Waals surface area contributed by atoms with Crippen LogP contribution in [-0.4, -0.2) is 4.98 Å². The van der Waals surface area contributed by atoms with Crippen LogP contribution >= 0.6 is 0 Å². The first-order valence-electron chi connectivity index (χ1n) is 8.99. The van der Waals surface area contributed by atoms with Gasteiger partial charge in [-0.05, 0) is 49.6 Å². The van der Waals surface area contributed by atoms with E-state index in [9.17, 15) is 4.39 Å². The maximum Gasteiger partial charge on any atom is 0.214 e. The molecular weight excluding hydrogens is 351 g/mol. The van der Waals surface area contributed by atoms with Gasteiger partial charge in [-0.1, -0.05) is 42.5 Å². The van der Waals surface area contributed by atoms with Crippen molar-refractivity contribution >= 4 is 0 Å². The van der Waals surface area contributed by atoms with Gasteiger partial charge >= 0.3 is 0 Å². The summed E-state index contributed by atoms with van der Waals surface area (Å²) in [6.07, 6.45) is 0.855. The van der Waals surface area contributed by atoms with E-state index in [0.717, 1.165) is 28.8 Å². The van der Waals surface area contributed by atoms with Crippen molar-refractivity contribution in [3.63, 3.8) is 0 Å². The van der Waals surface area contributed by atoms with Crippen molar-refractivity contribution in [1.82, 2.24) is 4.98 Å². The fourth-order valence-electron chi connectivity index (χ4n) is 3.00. The van der Waals surface area contributed by atoms with Crippen LogP contribution in [0.3, 0.4) is 0 Å². The van der Waals surface area contributed by atoms with Crippen molar-refractivity contribution in [3.05, 3.63) is 94.8 Å². The molecule has 0 unspecified atom stereocenters. The number of nitrogens with zero attached hydrogens (tertiary/aromatic N) is 2. The van der Waals surface area contributed by atoms with Gasteiger partial charge < -0.3 is 4.74 Å². The first kappa shape index (κ1) is 19.3. The molecule has 0 saturated heterocycles. The Morgan fingerprint density at radius 1 is 1.18 bits per heavy atom. The van der Waals surface area contributed by atoms with E-state index in [0.29, 0.717) is 11.4 Å². The number of pyridine rings is 1. The first-order valence-corrected chi connectivity index (χ1v) is 8.99. The highest BCUT2D eigenvalue weighted by Gasteiger charge is 2.08. The Morgan fingerprint density at radius 2 is 2.00 bits per heavy atom. The SMILES string of the molecule is C=C(C)Cc1ccc(-c2cccc(OCc3ccc(C#N)cc3F)n2)c(C)c1. The Morgan fingerprint density at radius 3 is 2.68 bits per heavy atom. The van der Waals surface area contributed by atoms with Gasteiger partial charge in [0.25, 0.3) is 0 Å². The van der Waals surface area contributed by atoms with Gasteiger partial charge in [0.15, 0.2) is 0 Å². The molecule has 0 saturated carbocycles. The van der Waals surface area contributed by atoms with Crippen LogP contribution in [0.15, 0.2) is 66.7 Å². The highest BCUT2D eigenvalue weighted by molar-refractivity contribution is 5.64. The number of allylic oxidation sites excluding steroid dienone is 1. The van der Waals surface area contributed by atoms with Crippen molar-refractivity contribution in [2.75, 3.05) is 0 Å². The molecule has 0 aliphatic carbocycles. The molecule has 0 radical (unpaired) electrons. The number of hydrogen-bond acceptors (Lipinski definition) is 3. The molecule has 1 heterocycles. The Bertz CT molecular complexity index is 1070. The van der Waals surface area contributed by atoms with Crippen molar-refractivity contribution < 1.29 is 9.13 Å². The molecular formula is C24H21FN2O. The van der Waals surface area contributed by atoms with E-state index >= 15 is 0 Å². The van der Waals surface area contributed by atoms with E-state index in [1.807, 2.05) is 25.1 Å². The first-order chi connectivity index (χ1) is 13.5. The van der Waals surface area contributed by atoms with Crippen LogP contribution in [0.1, 0.15) is 29.2 Å². The second-order valence-electron chi connectivity index (χ2n) is 6.85. The summed E-state index contributed by atoms with van der Waals surface area (Å²) >= 11 is 0. The van der Waals surface area contributed by atoms with Crippen LogP contribution in [0.4, 0.5) is 4.39 Å². The summed E-state index contributed by atoms with van der Waals surface area (Å²) in [6.45, 7) is 8.08. The van der Waals surface area contributed by atoms with Gasteiger partial charge in [0.05, 0.1) is 17.3 Å². The lowest BCUT2D eigenvalue weighted by Gasteiger charge is -2.11. The van der Waals surface area contributed by atoms with Crippen molar-refractivity contribution in [2.24, 2.45) is 0 Å². The molecule has 0 aliphatic rings. The molecule has 1 aromatic heterocycles. The number of nitriles is 1. The highest BCUT2D eigenvalue weighted by atomic mass is 19.1. The maximum atomic E-state index is 14.0. The molecule has 0 aliphatic heterocycles. The molecule has 28 heavy (non-hydrogen) atoms. The molecule has 0 fully saturated rings. The summed E-state index contributed by atoms with van der Waals surface area (Å²) in [4.78, 5) is 4.56. The number of aromatic nitrogens is 1. The normalized spacial score (nSPS) is 10.4. The lowest BCUT2D eigenvalue weighted by atomic mass is 9.99. The molecule has 140 valence electrons. The van der Waals surface area contributed by atoms with Gasteiger partial charge in [-0.2, -0.15) is 5.26 Å². The number of ether oxygens (including phenoxy) is 1. The van der Waals surface area contributed by atoms with E-state index in [1.54, 1.807) is 18.2 Å². The van der Waals surface area contributed by atoms with Crippen LogP contribution in [0.5, 0.6) is 5.88 Å². The van der Waals surface area contributed by atoms with Crippen LogP contribution < -0.4 is 4.74 Å². The summed E-state index contributed by atoms with van der Waals surface area (Å²) in [5, 5.41) is 8.82. The van der Waals surface area contributed by atoms with Crippen LogP contribution in [0, 0.1) is 24.1 Å². The number of benzene rings is 2. The summed E-state index contributed by atoms with van der Waals surface area (Å²) in [5.74, 6) is -0.0363. The molecule has 3 rings (SSSR count). The van der Waals surface area contributed by atoms with E-state index in [4.69, 9.17) is 10.00 Å². The van der Waals surface area contributed by atoms with Crippen LogP contribution in [0.2, 0.25) is 0 Å². The topological polar surface area (TPSA) is 45.9 Å². The Kier molecular flexibility index (Phi) is 5.86. The number of hydrogen-bond donors (Lipinski definition) is 0. The quantitative estimate of drug-likeness (QED) is 0.516. The molecule has 0 atom stereocenters. The number of rotatable bonds is 6. The third-order valence-corrected chi connectivity index (χ3v) is 4.35. The second-order valence-corrected chi connectivity index (χ2v) is 6.85. The lowest BCUT2D eigenvalue weighted by Crippen LogP contribution is -2.01. The predicted molar refractivity (Wildman–Crippen MR) is 108 cm³/mol. The Balaban J connectivity index is 1.77. The average molecular weight is 372 g/mol. The van der Waals surface area contributed by atoms with Gasteiger partial charge in [0.2, 0.25) is 5.88 Å². The summed E-state index contributed by atoms with van der Waals surface area (Å²) in [5.41, 5.74) is 5.96. The van der Waals surface area contributed by atoms with Gasteiger partial charge in [-0.15, -0.1) is 0 Å². The largest absolute Gasteiger partial charge is 0.473 e. The zero-order valence-electron chi connectivity index (χ0n) is 16.0. The second kappa shape index (κ2) is 8.49.